The van der Waals surface area contributed by atoms with Crippen LogP contribution in [0.15, 0.2) is 59.5 Å². The molecule has 158 valence electrons. The predicted octanol–water partition coefficient (Wildman–Crippen LogP) is 5.65. The zero-order valence-electron chi connectivity index (χ0n) is 18.0. The van der Waals surface area contributed by atoms with E-state index in [4.69, 9.17) is 4.74 Å². The second-order valence-electron chi connectivity index (χ2n) is 7.62. The number of ether oxygens (including phenoxy) is 1. The zero-order chi connectivity index (χ0) is 22.1. The van der Waals surface area contributed by atoms with Gasteiger partial charge < -0.3 is 9.30 Å². The van der Waals surface area contributed by atoms with Crippen LogP contribution in [0.4, 0.5) is 4.79 Å². The minimum Gasteiger partial charge on any atom is -0.497 e. The number of amides is 2. The summed E-state index contributed by atoms with van der Waals surface area (Å²) in [5.41, 5.74) is 5.99. The molecular weight excluding hydrogens is 408 g/mol. The van der Waals surface area contributed by atoms with Crippen molar-refractivity contribution >= 4 is 29.0 Å². The summed E-state index contributed by atoms with van der Waals surface area (Å²) in [7, 11) is 1.65. The van der Waals surface area contributed by atoms with E-state index in [-0.39, 0.29) is 17.7 Å². The molecule has 3 aromatic rings. The molecule has 4 rings (SSSR count). The Labute approximate surface area is 186 Å². The lowest BCUT2D eigenvalue weighted by Gasteiger charge is -2.12. The highest BCUT2D eigenvalue weighted by atomic mass is 32.2. The summed E-state index contributed by atoms with van der Waals surface area (Å²) in [6, 6.07) is 17.7. The molecule has 0 radical (unpaired) electrons. The van der Waals surface area contributed by atoms with Gasteiger partial charge in [-0.2, -0.15) is 0 Å². The van der Waals surface area contributed by atoms with E-state index in [9.17, 15) is 9.59 Å². The number of thioether (sulfide) groups is 1. The normalized spacial score (nSPS) is 15.2. The van der Waals surface area contributed by atoms with E-state index in [2.05, 4.69) is 4.57 Å². The molecular formula is C25H24N2O3S. The van der Waals surface area contributed by atoms with Crippen LogP contribution in [0.25, 0.3) is 11.8 Å². The Balaban J connectivity index is 1.63. The van der Waals surface area contributed by atoms with Crippen molar-refractivity contribution < 1.29 is 14.3 Å². The minimum atomic E-state index is -0.248. The number of carbonyl (C=O) groups is 2. The lowest BCUT2D eigenvalue weighted by Crippen LogP contribution is -2.27. The molecule has 0 aliphatic carbocycles. The number of aromatic nitrogens is 1. The Morgan fingerprint density at radius 3 is 2.52 bits per heavy atom. The van der Waals surface area contributed by atoms with Crippen LogP contribution in [0.1, 0.15) is 28.1 Å². The first-order chi connectivity index (χ1) is 14.9. The third-order valence-corrected chi connectivity index (χ3v) is 6.27. The number of aryl methyl sites for hydroxylation is 2. The van der Waals surface area contributed by atoms with Gasteiger partial charge in [0.1, 0.15) is 5.75 Å². The van der Waals surface area contributed by atoms with Gasteiger partial charge in [0.05, 0.1) is 18.6 Å². The van der Waals surface area contributed by atoms with Crippen molar-refractivity contribution in [2.45, 2.75) is 27.3 Å². The van der Waals surface area contributed by atoms with Gasteiger partial charge in [0.2, 0.25) is 0 Å². The number of hydrogen-bond acceptors (Lipinski definition) is 4. The highest BCUT2D eigenvalue weighted by molar-refractivity contribution is 8.18. The monoisotopic (exact) mass is 432 g/mol. The fourth-order valence-corrected chi connectivity index (χ4v) is 4.68. The van der Waals surface area contributed by atoms with Crippen molar-refractivity contribution in [3.63, 3.8) is 0 Å². The fraction of sp³-hybridized carbons (Fsp3) is 0.200. The third-order valence-electron chi connectivity index (χ3n) is 5.37. The molecule has 2 amide bonds. The summed E-state index contributed by atoms with van der Waals surface area (Å²) in [5.74, 6) is 0.534. The Hall–Kier alpha value is -3.25. The highest BCUT2D eigenvalue weighted by Crippen LogP contribution is 2.35. The van der Waals surface area contributed by atoms with Crippen molar-refractivity contribution in [1.82, 2.24) is 9.47 Å². The van der Waals surface area contributed by atoms with Crippen LogP contribution in [0, 0.1) is 20.8 Å². The van der Waals surface area contributed by atoms with Gasteiger partial charge >= 0.3 is 0 Å². The highest BCUT2D eigenvalue weighted by Gasteiger charge is 2.35. The van der Waals surface area contributed by atoms with E-state index < -0.39 is 0 Å². The standard InChI is InChI=1S/C25H24N2O3S/c1-16-7-5-8-19(11-16)15-26-24(28)23(31-25(26)29)13-20-12-17(2)27(18(20)3)21-9-6-10-22(14-21)30-4/h5-14H,15H2,1-4H3/b23-13-. The van der Waals surface area contributed by atoms with Crippen molar-refractivity contribution in [2.75, 3.05) is 7.11 Å². The van der Waals surface area contributed by atoms with E-state index in [1.54, 1.807) is 7.11 Å². The van der Waals surface area contributed by atoms with Crippen LogP contribution >= 0.6 is 11.8 Å². The number of rotatable bonds is 5. The molecule has 1 saturated heterocycles. The van der Waals surface area contributed by atoms with Gasteiger partial charge in [0.25, 0.3) is 11.1 Å². The van der Waals surface area contributed by atoms with Crippen LogP contribution in [0.2, 0.25) is 0 Å². The van der Waals surface area contributed by atoms with Gasteiger partial charge in [-0.15, -0.1) is 0 Å². The first-order valence-electron chi connectivity index (χ1n) is 10.0. The largest absolute Gasteiger partial charge is 0.497 e. The van der Waals surface area contributed by atoms with Crippen LogP contribution in [0.3, 0.4) is 0 Å². The van der Waals surface area contributed by atoms with Crippen molar-refractivity contribution in [3.8, 4) is 11.4 Å². The molecule has 0 saturated carbocycles. The maximum atomic E-state index is 13.0. The van der Waals surface area contributed by atoms with Crippen LogP contribution in [0.5, 0.6) is 5.75 Å². The Bertz CT molecular complexity index is 1210. The molecule has 2 aromatic carbocycles. The maximum absolute atomic E-state index is 13.0. The third kappa shape index (κ3) is 4.16. The molecule has 1 aromatic heterocycles. The number of imide groups is 1. The molecule has 0 spiro atoms. The van der Waals surface area contributed by atoms with Crippen LogP contribution < -0.4 is 4.74 Å². The zero-order valence-corrected chi connectivity index (χ0v) is 18.8. The predicted molar refractivity (Wildman–Crippen MR) is 124 cm³/mol. The maximum Gasteiger partial charge on any atom is 0.293 e. The number of nitrogens with zero attached hydrogens (tertiary/aromatic N) is 2. The van der Waals surface area contributed by atoms with Gasteiger partial charge in [-0.3, -0.25) is 14.5 Å². The summed E-state index contributed by atoms with van der Waals surface area (Å²) in [4.78, 5) is 27.3. The quantitative estimate of drug-likeness (QED) is 0.489. The molecule has 2 heterocycles. The van der Waals surface area contributed by atoms with Crippen LogP contribution in [-0.4, -0.2) is 27.7 Å². The summed E-state index contributed by atoms with van der Waals surface area (Å²) < 4.78 is 7.46. The van der Waals surface area contributed by atoms with Crippen LogP contribution in [-0.2, 0) is 11.3 Å². The molecule has 1 aliphatic rings. The Morgan fingerprint density at radius 1 is 1.00 bits per heavy atom. The van der Waals surface area contributed by atoms with Crippen molar-refractivity contribution in [3.05, 3.63) is 87.6 Å². The summed E-state index contributed by atoms with van der Waals surface area (Å²) in [5, 5.41) is -0.237. The van der Waals surface area contributed by atoms with E-state index >= 15 is 0 Å². The molecule has 0 N–H and O–H groups in total. The molecule has 0 bridgehead atoms. The molecule has 1 aliphatic heterocycles. The fourth-order valence-electron chi connectivity index (χ4n) is 3.85. The van der Waals surface area contributed by atoms with Crippen molar-refractivity contribution in [2.24, 2.45) is 0 Å². The molecule has 1 fully saturated rings. The molecule has 5 nitrogen and oxygen atoms in total. The summed E-state index contributed by atoms with van der Waals surface area (Å²) in [6.45, 7) is 6.31. The first-order valence-corrected chi connectivity index (χ1v) is 10.8. The molecule has 31 heavy (non-hydrogen) atoms. The van der Waals surface area contributed by atoms with E-state index in [0.29, 0.717) is 4.91 Å². The Morgan fingerprint density at radius 2 is 1.77 bits per heavy atom. The number of methoxy groups -OCH3 is 1. The van der Waals surface area contributed by atoms with Gasteiger partial charge in [0.15, 0.2) is 0 Å². The smallest absolute Gasteiger partial charge is 0.293 e. The summed E-state index contributed by atoms with van der Waals surface area (Å²) in [6.07, 6.45) is 1.82. The number of carbonyl (C=O) groups excluding carboxylic acids is 2. The van der Waals surface area contributed by atoms with Gasteiger partial charge in [-0.1, -0.05) is 35.9 Å². The lowest BCUT2D eigenvalue weighted by molar-refractivity contribution is -0.123. The number of hydrogen-bond donors (Lipinski definition) is 0. The van der Waals surface area contributed by atoms with Gasteiger partial charge in [-0.05, 0) is 67.9 Å². The average molecular weight is 433 g/mol. The first kappa shape index (κ1) is 21.0. The lowest BCUT2D eigenvalue weighted by atomic mass is 10.1. The topological polar surface area (TPSA) is 51.5 Å². The molecule has 0 unspecified atom stereocenters. The van der Waals surface area contributed by atoms with E-state index in [0.717, 1.165) is 51.3 Å². The summed E-state index contributed by atoms with van der Waals surface area (Å²) >= 11 is 0.995. The number of benzene rings is 2. The minimum absolute atomic E-state index is 0.237. The molecule has 0 atom stereocenters. The van der Waals surface area contributed by atoms with Gasteiger partial charge in [-0.25, -0.2) is 0 Å². The SMILES string of the molecule is COc1cccc(-n2c(C)cc(/C=C3\SC(=O)N(Cc4cccc(C)c4)C3=O)c2C)c1. The van der Waals surface area contributed by atoms with E-state index in [1.165, 1.54) is 4.90 Å². The second kappa shape index (κ2) is 8.47. The molecule has 6 heteroatoms. The van der Waals surface area contributed by atoms with E-state index in [1.807, 2.05) is 81.4 Å². The second-order valence-corrected chi connectivity index (χ2v) is 8.61. The van der Waals surface area contributed by atoms with Crippen molar-refractivity contribution in [1.29, 1.82) is 0 Å². The average Bonchev–Trinajstić information content (AvgIpc) is 3.17. The Kier molecular flexibility index (Phi) is 5.74. The van der Waals surface area contributed by atoms with Gasteiger partial charge in [0, 0.05) is 23.1 Å².